The molecule has 0 bridgehead atoms. The van der Waals surface area contributed by atoms with Gasteiger partial charge in [-0.2, -0.15) is 0 Å². The van der Waals surface area contributed by atoms with Crippen LogP contribution in [0.3, 0.4) is 0 Å². The average molecular weight is 178 g/mol. The summed E-state index contributed by atoms with van der Waals surface area (Å²) in [5, 5.41) is 0. The van der Waals surface area contributed by atoms with Crippen molar-refractivity contribution in [3.63, 3.8) is 0 Å². The van der Waals surface area contributed by atoms with E-state index >= 15 is 0 Å². The van der Waals surface area contributed by atoms with E-state index in [4.69, 9.17) is 33.2 Å². The Morgan fingerprint density at radius 2 is 1.43 bits per heavy atom. The van der Waals surface area contributed by atoms with E-state index in [1.165, 1.54) is 5.70 Å². The lowest BCUT2D eigenvalue weighted by molar-refractivity contribution is 2.50. The van der Waals surface area contributed by atoms with Crippen molar-refractivity contribution < 1.29 is 0 Å². The Labute approximate surface area is 59.2 Å². The molecule has 0 aromatic carbocycles. The molecule has 7 heavy (non-hydrogen) atoms. The van der Waals surface area contributed by atoms with Crippen LogP contribution in [0.5, 0.6) is 0 Å². The maximum Gasteiger partial charge on any atom is 0.365 e. The molecule has 44 valence electrons. The summed E-state index contributed by atoms with van der Waals surface area (Å²) in [6.45, 7) is 3.30. The molecule has 0 aliphatic heterocycles. The molecule has 0 atom stereocenters. The van der Waals surface area contributed by atoms with Gasteiger partial charge in [-0.1, -0.05) is 13.1 Å². The molecule has 0 aromatic heterocycles. The standard InChI is InChI=1S/C2H3Cl3Si.CH4/c1-2-6(3,4)5;/h2H,1H2;1H4. The Hall–Kier alpha value is 0.827. The van der Waals surface area contributed by atoms with Gasteiger partial charge in [-0.3, -0.25) is 0 Å². The lowest BCUT2D eigenvalue weighted by Crippen LogP contribution is -2.01. The molecule has 0 fully saturated rings. The SMILES string of the molecule is C.C=C[Si](Cl)(Cl)Cl. The zero-order chi connectivity index (χ0) is 5.21. The molecular formula is C3H7Cl3Si. The van der Waals surface area contributed by atoms with Crippen LogP contribution in [0, 0.1) is 0 Å². The second-order valence-corrected chi connectivity index (χ2v) is 9.34. The van der Waals surface area contributed by atoms with Crippen molar-refractivity contribution in [1.82, 2.24) is 0 Å². The quantitative estimate of drug-likeness (QED) is 0.427. The predicted molar refractivity (Wildman–Crippen MR) is 40.2 cm³/mol. The fourth-order valence-electron chi connectivity index (χ4n) is 0. The minimum absolute atomic E-state index is 0. The van der Waals surface area contributed by atoms with Crippen molar-refractivity contribution >= 4 is 39.2 Å². The second kappa shape index (κ2) is 3.78. The van der Waals surface area contributed by atoms with E-state index in [1.54, 1.807) is 0 Å². The smallest absolute Gasteiger partial charge is 0.121 e. The number of hydrogen-bond acceptors (Lipinski definition) is 0. The zero-order valence-corrected chi connectivity index (χ0v) is 6.19. The van der Waals surface area contributed by atoms with Gasteiger partial charge in [0.25, 0.3) is 0 Å². The topological polar surface area (TPSA) is 0 Å². The van der Waals surface area contributed by atoms with Gasteiger partial charge in [0.2, 0.25) is 0 Å². The number of rotatable bonds is 1. The first-order chi connectivity index (χ1) is 2.56. The van der Waals surface area contributed by atoms with Crippen molar-refractivity contribution in [3.05, 3.63) is 12.3 Å². The molecule has 4 heteroatoms. The van der Waals surface area contributed by atoms with Crippen LogP contribution in [0.1, 0.15) is 7.43 Å². The van der Waals surface area contributed by atoms with Crippen molar-refractivity contribution in [3.8, 4) is 0 Å². The Bertz CT molecular complexity index is 55.7. The minimum atomic E-state index is -2.45. The van der Waals surface area contributed by atoms with Crippen LogP contribution in [0.25, 0.3) is 0 Å². The molecule has 0 rings (SSSR count). The molecule has 0 aliphatic rings. The van der Waals surface area contributed by atoms with Gasteiger partial charge in [-0.05, 0) is 0 Å². The minimum Gasteiger partial charge on any atom is -0.121 e. The fraction of sp³-hybridized carbons (Fsp3) is 0.333. The van der Waals surface area contributed by atoms with Crippen molar-refractivity contribution in [1.29, 1.82) is 0 Å². The van der Waals surface area contributed by atoms with E-state index in [0.717, 1.165) is 0 Å². The number of halogens is 3. The van der Waals surface area contributed by atoms with Gasteiger partial charge >= 0.3 is 6.00 Å². The van der Waals surface area contributed by atoms with E-state index in [-0.39, 0.29) is 7.43 Å². The van der Waals surface area contributed by atoms with Crippen molar-refractivity contribution in [2.45, 2.75) is 7.43 Å². The third-order valence-electron chi connectivity index (χ3n) is 0.231. The van der Waals surface area contributed by atoms with E-state index in [2.05, 4.69) is 6.58 Å². The molecule has 0 nitrogen and oxygen atoms in total. The van der Waals surface area contributed by atoms with Crippen LogP contribution >= 0.6 is 33.2 Å². The molecule has 0 heterocycles. The predicted octanol–water partition coefficient (Wildman–Crippen LogP) is 3.00. The summed E-state index contributed by atoms with van der Waals surface area (Å²) in [6.07, 6.45) is 0. The Morgan fingerprint density at radius 1 is 1.29 bits per heavy atom. The van der Waals surface area contributed by atoms with Crippen LogP contribution in [0.15, 0.2) is 12.3 Å². The summed E-state index contributed by atoms with van der Waals surface area (Å²) in [5.74, 6) is 0. The molecule has 0 aromatic rings. The van der Waals surface area contributed by atoms with Crippen LogP contribution in [-0.2, 0) is 0 Å². The largest absolute Gasteiger partial charge is 0.365 e. The van der Waals surface area contributed by atoms with Crippen LogP contribution in [0.4, 0.5) is 0 Å². The highest BCUT2D eigenvalue weighted by Gasteiger charge is 2.17. The van der Waals surface area contributed by atoms with Gasteiger partial charge < -0.3 is 0 Å². The first kappa shape index (κ1) is 10.7. The van der Waals surface area contributed by atoms with Gasteiger partial charge in [-0.25, -0.2) is 0 Å². The molecular weight excluding hydrogens is 170 g/mol. The van der Waals surface area contributed by atoms with Gasteiger partial charge in [0, 0.05) is 0 Å². The highest BCUT2D eigenvalue weighted by molar-refractivity contribution is 7.66. The third kappa shape index (κ3) is 10.9. The highest BCUT2D eigenvalue weighted by atomic mass is 35.8. The molecule has 0 saturated carbocycles. The summed E-state index contributed by atoms with van der Waals surface area (Å²) in [6, 6.07) is -2.45. The molecule has 0 N–H and O–H groups in total. The van der Waals surface area contributed by atoms with E-state index in [9.17, 15) is 0 Å². The van der Waals surface area contributed by atoms with Crippen molar-refractivity contribution in [2.75, 3.05) is 0 Å². The van der Waals surface area contributed by atoms with Gasteiger partial charge in [0.05, 0.1) is 0 Å². The maximum atomic E-state index is 5.27. The average Bonchev–Trinajstić information content (AvgIpc) is 1.35. The molecule has 0 aliphatic carbocycles. The Kier molecular flexibility index (Phi) is 5.81. The Morgan fingerprint density at radius 3 is 1.43 bits per heavy atom. The first-order valence-electron chi connectivity index (χ1n) is 1.26. The van der Waals surface area contributed by atoms with Crippen LogP contribution < -0.4 is 0 Å². The summed E-state index contributed by atoms with van der Waals surface area (Å²) in [7, 11) is 0. The first-order valence-corrected chi connectivity index (χ1v) is 6.38. The van der Waals surface area contributed by atoms with E-state index < -0.39 is 6.00 Å². The van der Waals surface area contributed by atoms with Crippen LogP contribution in [-0.4, -0.2) is 6.00 Å². The second-order valence-electron chi connectivity index (χ2n) is 0.746. The van der Waals surface area contributed by atoms with Gasteiger partial charge in [0.1, 0.15) is 0 Å². The molecule has 0 spiro atoms. The third-order valence-corrected chi connectivity index (χ3v) is 2.08. The Balaban J connectivity index is 0. The fourth-order valence-corrected chi connectivity index (χ4v) is 0. The summed E-state index contributed by atoms with van der Waals surface area (Å²) >= 11 is 15.8. The normalized spacial score (nSPS) is 9.57. The van der Waals surface area contributed by atoms with Gasteiger partial charge in [0.15, 0.2) is 0 Å². The lowest BCUT2D eigenvalue weighted by Gasteiger charge is -1.92. The lowest BCUT2D eigenvalue weighted by atomic mass is 11.3. The molecule has 0 amide bonds. The molecule has 0 radical (unpaired) electrons. The van der Waals surface area contributed by atoms with E-state index in [1.807, 2.05) is 0 Å². The highest BCUT2D eigenvalue weighted by Crippen LogP contribution is 2.19. The summed E-state index contributed by atoms with van der Waals surface area (Å²) < 4.78 is 0. The van der Waals surface area contributed by atoms with Crippen LogP contribution in [0.2, 0.25) is 0 Å². The summed E-state index contributed by atoms with van der Waals surface area (Å²) in [5.41, 5.74) is 1.37. The molecule has 0 unspecified atom stereocenters. The zero-order valence-electron chi connectivity index (χ0n) is 2.92. The number of hydrogen-bond donors (Lipinski definition) is 0. The summed E-state index contributed by atoms with van der Waals surface area (Å²) in [4.78, 5) is 0. The van der Waals surface area contributed by atoms with Gasteiger partial charge in [-0.15, -0.1) is 39.8 Å². The van der Waals surface area contributed by atoms with Crippen molar-refractivity contribution in [2.24, 2.45) is 0 Å². The monoisotopic (exact) mass is 176 g/mol. The maximum absolute atomic E-state index is 5.27. The van der Waals surface area contributed by atoms with E-state index in [0.29, 0.717) is 0 Å². The molecule has 0 saturated heterocycles.